The Bertz CT molecular complexity index is 335. The number of imidazole rings is 1. The van der Waals surface area contributed by atoms with Crippen LogP contribution in [-0.4, -0.2) is 41.7 Å². The van der Waals surface area contributed by atoms with Crippen LogP contribution in [-0.2, 0) is 13.6 Å². The van der Waals surface area contributed by atoms with E-state index < -0.39 is 0 Å². The summed E-state index contributed by atoms with van der Waals surface area (Å²) in [4.78, 5) is 6.44. The molecule has 5 heteroatoms. The number of hydrogen-bond donors (Lipinski definition) is 1. The summed E-state index contributed by atoms with van der Waals surface area (Å²) in [6.45, 7) is 3.11. The summed E-state index contributed by atoms with van der Waals surface area (Å²) in [5.74, 6) is 2.16. The lowest BCUT2D eigenvalue weighted by Crippen LogP contribution is -2.30. The van der Waals surface area contributed by atoms with Gasteiger partial charge in [0.05, 0.1) is 11.9 Å². The van der Waals surface area contributed by atoms with Crippen LogP contribution in [0.2, 0.25) is 0 Å². The maximum absolute atomic E-state index is 4.41. The predicted octanol–water partition coefficient (Wildman–Crippen LogP) is 1.72. The fraction of sp³-hybridized carbons (Fsp3) is 0.750. The molecule has 1 heterocycles. The SMILES string of the molecule is CCC(CSC)NCc1cnc(N(C)C)n1C. The number of rotatable bonds is 7. The van der Waals surface area contributed by atoms with Crippen molar-refractivity contribution in [3.8, 4) is 0 Å². The molecule has 1 aromatic rings. The van der Waals surface area contributed by atoms with E-state index >= 15 is 0 Å². The summed E-state index contributed by atoms with van der Waals surface area (Å²) in [6.07, 6.45) is 5.27. The smallest absolute Gasteiger partial charge is 0.204 e. The summed E-state index contributed by atoms with van der Waals surface area (Å²) in [7, 11) is 6.10. The zero-order chi connectivity index (χ0) is 12.8. The van der Waals surface area contributed by atoms with Gasteiger partial charge in [-0.15, -0.1) is 0 Å². The first-order valence-electron chi connectivity index (χ1n) is 6.00. The minimum Gasteiger partial charge on any atom is -0.348 e. The van der Waals surface area contributed by atoms with Crippen LogP contribution in [0.1, 0.15) is 19.0 Å². The fourth-order valence-electron chi connectivity index (χ4n) is 1.78. The van der Waals surface area contributed by atoms with Gasteiger partial charge in [-0.1, -0.05) is 6.92 Å². The maximum atomic E-state index is 4.41. The predicted molar refractivity (Wildman–Crippen MR) is 76.8 cm³/mol. The Morgan fingerprint density at radius 2 is 2.24 bits per heavy atom. The Hall–Kier alpha value is -0.680. The molecule has 0 saturated heterocycles. The average Bonchev–Trinajstić information content (AvgIpc) is 2.66. The van der Waals surface area contributed by atoms with Gasteiger partial charge in [0.2, 0.25) is 5.95 Å². The van der Waals surface area contributed by atoms with Crippen LogP contribution in [0.3, 0.4) is 0 Å². The zero-order valence-corrected chi connectivity index (χ0v) is 12.3. The Morgan fingerprint density at radius 1 is 1.53 bits per heavy atom. The molecule has 1 rings (SSSR count). The molecule has 0 radical (unpaired) electrons. The standard InChI is InChI=1S/C12H24N4S/c1-6-10(9-17-5)13-7-11-8-14-12(15(2)3)16(11)4/h8,10,13H,6-7,9H2,1-5H3. The second-order valence-electron chi connectivity index (χ2n) is 4.44. The van der Waals surface area contributed by atoms with Crippen LogP contribution in [0.25, 0.3) is 0 Å². The van der Waals surface area contributed by atoms with Crippen molar-refractivity contribution >= 4 is 17.7 Å². The number of aromatic nitrogens is 2. The third-order valence-electron chi connectivity index (χ3n) is 2.89. The number of nitrogens with zero attached hydrogens (tertiary/aromatic N) is 3. The van der Waals surface area contributed by atoms with Crippen LogP contribution in [0, 0.1) is 0 Å². The lowest BCUT2D eigenvalue weighted by Gasteiger charge is -2.17. The summed E-state index contributed by atoms with van der Waals surface area (Å²) < 4.78 is 2.14. The monoisotopic (exact) mass is 256 g/mol. The molecule has 17 heavy (non-hydrogen) atoms. The second-order valence-corrected chi connectivity index (χ2v) is 5.36. The molecule has 0 fully saturated rings. The Balaban J connectivity index is 2.57. The summed E-state index contributed by atoms with van der Waals surface area (Å²) in [6, 6.07) is 0.586. The first-order valence-corrected chi connectivity index (χ1v) is 7.39. The quantitative estimate of drug-likeness (QED) is 0.805. The van der Waals surface area contributed by atoms with E-state index in [1.807, 2.05) is 37.0 Å². The second kappa shape index (κ2) is 6.91. The Kier molecular flexibility index (Phi) is 5.85. The topological polar surface area (TPSA) is 33.1 Å². The highest BCUT2D eigenvalue weighted by atomic mass is 32.2. The lowest BCUT2D eigenvalue weighted by molar-refractivity contribution is 0.529. The molecule has 4 nitrogen and oxygen atoms in total. The van der Waals surface area contributed by atoms with Crippen molar-refractivity contribution in [3.05, 3.63) is 11.9 Å². The number of hydrogen-bond acceptors (Lipinski definition) is 4. The molecule has 1 N–H and O–H groups in total. The molecule has 1 unspecified atom stereocenters. The highest BCUT2D eigenvalue weighted by Crippen LogP contribution is 2.11. The largest absolute Gasteiger partial charge is 0.348 e. The van der Waals surface area contributed by atoms with E-state index in [0.717, 1.165) is 18.2 Å². The van der Waals surface area contributed by atoms with Crippen molar-refractivity contribution in [1.29, 1.82) is 0 Å². The molecule has 0 saturated carbocycles. The van der Waals surface area contributed by atoms with Crippen molar-refractivity contribution in [3.63, 3.8) is 0 Å². The van der Waals surface area contributed by atoms with E-state index in [1.54, 1.807) is 0 Å². The fourth-order valence-corrected chi connectivity index (χ4v) is 2.54. The van der Waals surface area contributed by atoms with E-state index in [1.165, 1.54) is 12.1 Å². The van der Waals surface area contributed by atoms with Gasteiger partial charge in [-0.3, -0.25) is 0 Å². The van der Waals surface area contributed by atoms with Crippen LogP contribution < -0.4 is 10.2 Å². The van der Waals surface area contributed by atoms with Gasteiger partial charge in [-0.05, 0) is 12.7 Å². The molecule has 0 amide bonds. The molecule has 98 valence electrons. The van der Waals surface area contributed by atoms with Gasteiger partial charge >= 0.3 is 0 Å². The van der Waals surface area contributed by atoms with E-state index in [9.17, 15) is 0 Å². The van der Waals surface area contributed by atoms with Crippen molar-refractivity contribution in [2.24, 2.45) is 7.05 Å². The minimum absolute atomic E-state index is 0.586. The van der Waals surface area contributed by atoms with Gasteiger partial charge in [-0.25, -0.2) is 4.98 Å². The van der Waals surface area contributed by atoms with Gasteiger partial charge in [0.1, 0.15) is 0 Å². The molecule has 1 atom stereocenters. The van der Waals surface area contributed by atoms with Gasteiger partial charge in [0.25, 0.3) is 0 Å². The maximum Gasteiger partial charge on any atom is 0.204 e. The zero-order valence-electron chi connectivity index (χ0n) is 11.5. The number of thioether (sulfide) groups is 1. The Labute approximate surface area is 109 Å². The average molecular weight is 256 g/mol. The van der Waals surface area contributed by atoms with Crippen LogP contribution in [0.5, 0.6) is 0 Å². The summed E-state index contributed by atoms with van der Waals surface area (Å²) in [5.41, 5.74) is 1.23. The van der Waals surface area contributed by atoms with Crippen molar-refractivity contribution < 1.29 is 0 Å². The molecule has 0 spiro atoms. The van der Waals surface area contributed by atoms with Gasteiger partial charge in [-0.2, -0.15) is 11.8 Å². The van der Waals surface area contributed by atoms with Crippen molar-refractivity contribution in [2.75, 3.05) is 31.0 Å². The number of nitrogens with one attached hydrogen (secondary N) is 1. The van der Waals surface area contributed by atoms with Gasteiger partial charge in [0, 0.05) is 39.5 Å². The Morgan fingerprint density at radius 3 is 2.71 bits per heavy atom. The van der Waals surface area contributed by atoms with Crippen LogP contribution in [0.4, 0.5) is 5.95 Å². The first-order chi connectivity index (χ1) is 8.10. The van der Waals surface area contributed by atoms with Gasteiger partial charge in [0.15, 0.2) is 0 Å². The molecule has 1 aromatic heterocycles. The highest BCUT2D eigenvalue weighted by molar-refractivity contribution is 7.98. The summed E-state index contributed by atoms with van der Waals surface area (Å²) >= 11 is 1.89. The first kappa shape index (κ1) is 14.4. The normalized spacial score (nSPS) is 12.8. The molecular formula is C12H24N4S. The number of anilines is 1. The molecule has 0 aliphatic carbocycles. The van der Waals surface area contributed by atoms with Gasteiger partial charge < -0.3 is 14.8 Å². The van der Waals surface area contributed by atoms with E-state index in [4.69, 9.17) is 0 Å². The summed E-state index contributed by atoms with van der Waals surface area (Å²) in [5, 5.41) is 3.58. The highest BCUT2D eigenvalue weighted by Gasteiger charge is 2.10. The molecule has 0 aliphatic heterocycles. The van der Waals surface area contributed by atoms with Crippen LogP contribution in [0.15, 0.2) is 6.20 Å². The van der Waals surface area contributed by atoms with E-state index in [2.05, 4.69) is 35.1 Å². The molecule has 0 aliphatic rings. The van der Waals surface area contributed by atoms with Crippen molar-refractivity contribution in [1.82, 2.24) is 14.9 Å². The van der Waals surface area contributed by atoms with Crippen LogP contribution >= 0.6 is 11.8 Å². The van der Waals surface area contributed by atoms with E-state index in [-0.39, 0.29) is 0 Å². The molecule has 0 bridgehead atoms. The third-order valence-corrected chi connectivity index (χ3v) is 3.63. The third kappa shape index (κ3) is 3.92. The molecule has 0 aromatic carbocycles. The van der Waals surface area contributed by atoms with E-state index in [0.29, 0.717) is 6.04 Å². The minimum atomic E-state index is 0.586. The molecular weight excluding hydrogens is 232 g/mol. The van der Waals surface area contributed by atoms with Crippen molar-refractivity contribution in [2.45, 2.75) is 25.9 Å². The lowest BCUT2D eigenvalue weighted by atomic mass is 10.2.